The van der Waals surface area contributed by atoms with Crippen molar-refractivity contribution in [1.82, 2.24) is 5.32 Å². The highest BCUT2D eigenvalue weighted by Crippen LogP contribution is 2.28. The normalized spacial score (nSPS) is 9.50. The van der Waals surface area contributed by atoms with Gasteiger partial charge in [0.15, 0.2) is 11.5 Å². The molecule has 1 N–H and O–H groups in total. The molecular formula is C15H21NO2. The highest BCUT2D eigenvalue weighted by atomic mass is 16.5. The van der Waals surface area contributed by atoms with Crippen LogP contribution < -0.4 is 14.8 Å². The van der Waals surface area contributed by atoms with Gasteiger partial charge in [0, 0.05) is 13.0 Å². The lowest BCUT2D eigenvalue weighted by Crippen LogP contribution is -2.11. The van der Waals surface area contributed by atoms with Crippen molar-refractivity contribution in [3.8, 4) is 23.3 Å². The Morgan fingerprint density at radius 1 is 1.28 bits per heavy atom. The molecule has 18 heavy (non-hydrogen) atoms. The van der Waals surface area contributed by atoms with E-state index in [9.17, 15) is 0 Å². The van der Waals surface area contributed by atoms with E-state index in [1.54, 1.807) is 7.11 Å². The van der Waals surface area contributed by atoms with Crippen molar-refractivity contribution in [2.45, 2.75) is 26.8 Å². The van der Waals surface area contributed by atoms with Gasteiger partial charge in [-0.05, 0) is 31.2 Å². The topological polar surface area (TPSA) is 30.5 Å². The van der Waals surface area contributed by atoms with Gasteiger partial charge in [-0.2, -0.15) is 0 Å². The van der Waals surface area contributed by atoms with Gasteiger partial charge in [0.25, 0.3) is 0 Å². The monoisotopic (exact) mass is 247 g/mol. The third-order valence-corrected chi connectivity index (χ3v) is 2.47. The molecule has 0 aliphatic heterocycles. The second-order valence-electron chi connectivity index (χ2n) is 3.79. The minimum atomic E-state index is 0.587. The van der Waals surface area contributed by atoms with Crippen LogP contribution in [-0.2, 0) is 6.54 Å². The average Bonchev–Trinajstić information content (AvgIpc) is 2.42. The van der Waals surface area contributed by atoms with E-state index in [0.29, 0.717) is 6.61 Å². The van der Waals surface area contributed by atoms with Crippen molar-refractivity contribution >= 4 is 0 Å². The molecular weight excluding hydrogens is 226 g/mol. The van der Waals surface area contributed by atoms with Gasteiger partial charge in [-0.3, -0.25) is 0 Å². The van der Waals surface area contributed by atoms with Crippen LogP contribution in [0, 0.1) is 11.8 Å². The lowest BCUT2D eigenvalue weighted by Gasteiger charge is -2.11. The van der Waals surface area contributed by atoms with Gasteiger partial charge in [-0.1, -0.05) is 13.0 Å². The maximum absolute atomic E-state index is 5.64. The summed E-state index contributed by atoms with van der Waals surface area (Å²) in [5, 5.41) is 3.28. The molecule has 0 heterocycles. The Morgan fingerprint density at radius 2 is 2.11 bits per heavy atom. The first-order valence-corrected chi connectivity index (χ1v) is 6.21. The van der Waals surface area contributed by atoms with Gasteiger partial charge in [0.05, 0.1) is 13.7 Å². The van der Waals surface area contributed by atoms with E-state index >= 15 is 0 Å². The fourth-order valence-corrected chi connectivity index (χ4v) is 1.55. The maximum Gasteiger partial charge on any atom is 0.161 e. The minimum Gasteiger partial charge on any atom is -0.493 e. The van der Waals surface area contributed by atoms with Gasteiger partial charge in [0.2, 0.25) is 0 Å². The van der Waals surface area contributed by atoms with Crippen LogP contribution in [0.25, 0.3) is 0 Å². The molecule has 1 rings (SSSR count). The van der Waals surface area contributed by atoms with Crippen LogP contribution in [0.4, 0.5) is 0 Å². The van der Waals surface area contributed by atoms with Crippen LogP contribution in [0.2, 0.25) is 0 Å². The summed E-state index contributed by atoms with van der Waals surface area (Å²) in [5.41, 5.74) is 1.19. The number of hydrogen-bond donors (Lipinski definition) is 1. The summed E-state index contributed by atoms with van der Waals surface area (Å²) in [6.45, 7) is 6.30. The smallest absolute Gasteiger partial charge is 0.161 e. The number of hydrogen-bond acceptors (Lipinski definition) is 3. The highest BCUT2D eigenvalue weighted by Gasteiger charge is 2.05. The number of ether oxygens (including phenoxy) is 2. The largest absolute Gasteiger partial charge is 0.493 e. The van der Waals surface area contributed by atoms with Crippen LogP contribution in [-0.4, -0.2) is 20.3 Å². The van der Waals surface area contributed by atoms with Crippen molar-refractivity contribution in [3.63, 3.8) is 0 Å². The summed E-state index contributed by atoms with van der Waals surface area (Å²) in [6, 6.07) is 6.00. The predicted octanol–water partition coefficient (Wildman–Crippen LogP) is 2.60. The number of nitrogens with one attached hydrogen (secondary N) is 1. The Kier molecular flexibility index (Phi) is 6.75. The molecule has 1 aromatic rings. The van der Waals surface area contributed by atoms with E-state index in [4.69, 9.17) is 9.47 Å². The third kappa shape index (κ3) is 4.68. The van der Waals surface area contributed by atoms with Crippen molar-refractivity contribution in [3.05, 3.63) is 23.8 Å². The van der Waals surface area contributed by atoms with Crippen LogP contribution in [0.15, 0.2) is 18.2 Å². The fourth-order valence-electron chi connectivity index (χ4n) is 1.55. The van der Waals surface area contributed by atoms with Crippen LogP contribution in [0.5, 0.6) is 11.5 Å². The molecule has 0 spiro atoms. The molecule has 0 radical (unpaired) electrons. The van der Waals surface area contributed by atoms with Crippen LogP contribution in [0.1, 0.15) is 25.8 Å². The Balaban J connectivity index is 2.63. The van der Waals surface area contributed by atoms with E-state index in [2.05, 4.69) is 24.1 Å². The second-order valence-corrected chi connectivity index (χ2v) is 3.79. The molecule has 1 aromatic carbocycles. The van der Waals surface area contributed by atoms with Crippen molar-refractivity contribution in [2.24, 2.45) is 0 Å². The first kappa shape index (κ1) is 14.4. The highest BCUT2D eigenvalue weighted by molar-refractivity contribution is 5.42. The zero-order valence-corrected chi connectivity index (χ0v) is 11.4. The molecule has 3 heteroatoms. The first-order chi connectivity index (χ1) is 8.81. The molecule has 98 valence electrons. The van der Waals surface area contributed by atoms with Gasteiger partial charge >= 0.3 is 0 Å². The molecule has 0 bridgehead atoms. The zero-order valence-electron chi connectivity index (χ0n) is 11.4. The van der Waals surface area contributed by atoms with Gasteiger partial charge < -0.3 is 14.8 Å². The van der Waals surface area contributed by atoms with E-state index in [0.717, 1.165) is 31.0 Å². The fraction of sp³-hybridized carbons (Fsp3) is 0.467. The number of rotatable bonds is 7. The van der Waals surface area contributed by atoms with E-state index < -0.39 is 0 Å². The molecule has 0 saturated heterocycles. The number of methoxy groups -OCH3 is 1. The zero-order chi connectivity index (χ0) is 13.2. The van der Waals surface area contributed by atoms with E-state index in [1.807, 2.05) is 25.1 Å². The second kappa shape index (κ2) is 8.43. The molecule has 0 unspecified atom stereocenters. The Hall–Kier alpha value is -1.66. The summed E-state index contributed by atoms with van der Waals surface area (Å²) < 4.78 is 11.0. The Labute approximate surface area is 109 Å². The summed E-state index contributed by atoms with van der Waals surface area (Å²) >= 11 is 0. The first-order valence-electron chi connectivity index (χ1n) is 6.21. The molecule has 0 aliphatic carbocycles. The Bertz CT molecular complexity index is 418. The minimum absolute atomic E-state index is 0.587. The molecule has 0 amide bonds. The standard InChI is InChI=1S/C15H21NO2/c1-4-6-7-10-18-14-9-8-13(12-16-5-2)11-15(14)17-3/h8-9,11,16H,5,7,10,12H2,1-3H3. The van der Waals surface area contributed by atoms with Crippen LogP contribution >= 0.6 is 0 Å². The summed E-state index contributed by atoms with van der Waals surface area (Å²) in [5.74, 6) is 7.36. The van der Waals surface area contributed by atoms with Crippen molar-refractivity contribution < 1.29 is 9.47 Å². The Morgan fingerprint density at radius 3 is 2.78 bits per heavy atom. The maximum atomic E-state index is 5.64. The van der Waals surface area contributed by atoms with Crippen molar-refractivity contribution in [2.75, 3.05) is 20.3 Å². The summed E-state index contributed by atoms with van der Waals surface area (Å²) in [6.07, 6.45) is 0.735. The molecule has 0 aliphatic rings. The quantitative estimate of drug-likeness (QED) is 0.593. The lowest BCUT2D eigenvalue weighted by atomic mass is 10.2. The molecule has 0 atom stereocenters. The molecule has 0 fully saturated rings. The predicted molar refractivity (Wildman–Crippen MR) is 73.9 cm³/mol. The number of benzene rings is 1. The van der Waals surface area contributed by atoms with Crippen molar-refractivity contribution in [1.29, 1.82) is 0 Å². The summed E-state index contributed by atoms with van der Waals surface area (Å²) in [7, 11) is 1.66. The SMILES string of the molecule is CC#CCCOc1ccc(CNCC)cc1OC. The van der Waals surface area contributed by atoms with Crippen LogP contribution in [0.3, 0.4) is 0 Å². The third-order valence-electron chi connectivity index (χ3n) is 2.47. The van der Waals surface area contributed by atoms with Gasteiger partial charge in [0.1, 0.15) is 0 Å². The molecule has 0 saturated carbocycles. The lowest BCUT2D eigenvalue weighted by molar-refractivity contribution is 0.301. The molecule has 0 aromatic heterocycles. The van der Waals surface area contributed by atoms with Gasteiger partial charge in [-0.25, -0.2) is 0 Å². The summed E-state index contributed by atoms with van der Waals surface area (Å²) in [4.78, 5) is 0. The molecule has 3 nitrogen and oxygen atoms in total. The van der Waals surface area contributed by atoms with E-state index in [-0.39, 0.29) is 0 Å². The van der Waals surface area contributed by atoms with Gasteiger partial charge in [-0.15, -0.1) is 11.8 Å². The van der Waals surface area contributed by atoms with E-state index in [1.165, 1.54) is 5.56 Å². The average molecular weight is 247 g/mol.